The summed E-state index contributed by atoms with van der Waals surface area (Å²) < 4.78 is 10.4. The largest absolute Gasteiger partial charge is 0.459 e. The lowest BCUT2D eigenvalue weighted by Crippen LogP contribution is -2.32. The number of carbonyl (C=O) groups is 4. The maximum atomic E-state index is 13.6. The maximum Gasteiger partial charge on any atom is 0.338 e. The first-order valence-corrected chi connectivity index (χ1v) is 13.7. The van der Waals surface area contributed by atoms with E-state index in [1.807, 2.05) is 0 Å². The second kappa shape index (κ2) is 12.4. The molecule has 1 aliphatic rings. The van der Waals surface area contributed by atoms with Gasteiger partial charge in [-0.05, 0) is 100 Å². The van der Waals surface area contributed by atoms with Crippen molar-refractivity contribution in [1.29, 1.82) is 0 Å². The molecule has 0 unspecified atom stereocenters. The summed E-state index contributed by atoms with van der Waals surface area (Å²) >= 11 is 7.14. The molecule has 40 heavy (non-hydrogen) atoms. The maximum absolute atomic E-state index is 13.6. The van der Waals surface area contributed by atoms with Gasteiger partial charge >= 0.3 is 11.9 Å². The van der Waals surface area contributed by atoms with E-state index in [2.05, 4.69) is 5.32 Å². The number of rotatable bonds is 9. The van der Waals surface area contributed by atoms with Gasteiger partial charge in [0.25, 0.3) is 11.8 Å². The molecule has 0 saturated heterocycles. The van der Waals surface area contributed by atoms with E-state index in [4.69, 9.17) is 21.1 Å². The second-order valence-corrected chi connectivity index (χ2v) is 10.9. The predicted molar refractivity (Wildman–Crippen MR) is 154 cm³/mol. The fourth-order valence-electron chi connectivity index (χ4n) is 3.71. The molecular formula is C30H27ClN2O6S. The van der Waals surface area contributed by atoms with Crippen molar-refractivity contribution in [2.75, 3.05) is 10.2 Å². The molecule has 0 atom stereocenters. The van der Waals surface area contributed by atoms with Gasteiger partial charge in [0.2, 0.25) is 0 Å². The summed E-state index contributed by atoms with van der Waals surface area (Å²) in [5.74, 6) is -2.05. The summed E-state index contributed by atoms with van der Waals surface area (Å²) in [6, 6.07) is 19.4. The van der Waals surface area contributed by atoms with Gasteiger partial charge in [0.05, 0.1) is 29.0 Å². The molecule has 0 fully saturated rings. The van der Waals surface area contributed by atoms with Crippen molar-refractivity contribution < 1.29 is 28.7 Å². The molecule has 206 valence electrons. The van der Waals surface area contributed by atoms with Crippen molar-refractivity contribution in [1.82, 2.24) is 0 Å². The molecule has 0 spiro atoms. The van der Waals surface area contributed by atoms with Gasteiger partial charge in [-0.2, -0.15) is 0 Å². The summed E-state index contributed by atoms with van der Waals surface area (Å²) in [6.45, 7) is 7.02. The number of anilines is 2. The number of esters is 2. The number of amides is 2. The molecule has 1 heterocycles. The first-order chi connectivity index (χ1) is 19.0. The average molecular weight is 579 g/mol. The molecule has 0 radical (unpaired) electrons. The van der Waals surface area contributed by atoms with Crippen molar-refractivity contribution in [3.05, 3.63) is 99.5 Å². The van der Waals surface area contributed by atoms with Crippen LogP contribution in [0.1, 0.15) is 48.4 Å². The van der Waals surface area contributed by atoms with Crippen molar-refractivity contribution in [3.8, 4) is 0 Å². The quantitative estimate of drug-likeness (QED) is 0.228. The number of nitrogens with zero attached hydrogens (tertiary/aromatic N) is 1. The smallest absolute Gasteiger partial charge is 0.338 e. The summed E-state index contributed by atoms with van der Waals surface area (Å²) in [5, 5.41) is 3.60. The Labute approximate surface area is 241 Å². The molecule has 4 rings (SSSR count). The van der Waals surface area contributed by atoms with Gasteiger partial charge in [-0.15, -0.1) is 0 Å². The molecule has 1 N–H and O–H groups in total. The van der Waals surface area contributed by atoms with Crippen molar-refractivity contribution in [2.45, 2.75) is 44.8 Å². The van der Waals surface area contributed by atoms with Crippen LogP contribution in [0.15, 0.2) is 88.3 Å². The molecule has 0 bridgehead atoms. The number of hydrogen-bond donors (Lipinski definition) is 1. The topological polar surface area (TPSA) is 102 Å². The van der Waals surface area contributed by atoms with Crippen LogP contribution in [0.4, 0.5) is 11.4 Å². The lowest BCUT2D eigenvalue weighted by atomic mass is 10.2. The Morgan fingerprint density at radius 3 is 1.75 bits per heavy atom. The molecule has 10 heteroatoms. The molecule has 8 nitrogen and oxygen atoms in total. The number of imide groups is 1. The van der Waals surface area contributed by atoms with E-state index in [9.17, 15) is 19.2 Å². The Hall–Kier alpha value is -4.08. The highest BCUT2D eigenvalue weighted by Gasteiger charge is 2.40. The van der Waals surface area contributed by atoms with E-state index in [1.165, 1.54) is 24.3 Å². The second-order valence-electron chi connectivity index (χ2n) is 9.36. The number of ether oxygens (including phenoxy) is 2. The minimum Gasteiger partial charge on any atom is -0.459 e. The number of hydrogen-bond acceptors (Lipinski definition) is 8. The first-order valence-electron chi connectivity index (χ1n) is 12.5. The Balaban J connectivity index is 1.64. The van der Waals surface area contributed by atoms with Crippen LogP contribution in [0.3, 0.4) is 0 Å². The molecule has 2 amide bonds. The number of benzene rings is 3. The minimum absolute atomic E-state index is 0.0748. The van der Waals surface area contributed by atoms with Crippen LogP contribution in [0.2, 0.25) is 5.02 Å². The molecule has 0 saturated carbocycles. The standard InChI is InChI=1S/C30H27ClN2O6S/c1-17(2)38-29(36)19-5-11-22(12-6-19)32-25-26(40-24-15-9-21(31)10-16-24)28(35)33(27(25)34)23-13-7-20(8-14-23)30(37)39-18(3)4/h5-18,32H,1-4H3. The highest BCUT2D eigenvalue weighted by molar-refractivity contribution is 8.04. The van der Waals surface area contributed by atoms with Crippen LogP contribution < -0.4 is 10.2 Å². The molecule has 1 aliphatic heterocycles. The van der Waals surface area contributed by atoms with Crippen LogP contribution in [0, 0.1) is 0 Å². The fourth-order valence-corrected chi connectivity index (χ4v) is 4.77. The zero-order valence-corrected chi connectivity index (χ0v) is 23.8. The van der Waals surface area contributed by atoms with Crippen molar-refractivity contribution in [3.63, 3.8) is 0 Å². The molecule has 0 aliphatic carbocycles. The zero-order valence-electron chi connectivity index (χ0n) is 22.3. The minimum atomic E-state index is -0.567. The average Bonchev–Trinajstić information content (AvgIpc) is 3.13. The van der Waals surface area contributed by atoms with Crippen LogP contribution in [-0.4, -0.2) is 36.0 Å². The number of carbonyl (C=O) groups excluding carboxylic acids is 4. The van der Waals surface area contributed by atoms with Crippen molar-refractivity contribution >= 4 is 58.5 Å². The van der Waals surface area contributed by atoms with E-state index in [0.29, 0.717) is 32.4 Å². The van der Waals surface area contributed by atoms with Gasteiger partial charge in [-0.25, -0.2) is 14.5 Å². The monoisotopic (exact) mass is 578 g/mol. The Morgan fingerprint density at radius 2 is 1.25 bits per heavy atom. The first kappa shape index (κ1) is 28.9. The van der Waals surface area contributed by atoms with Crippen LogP contribution in [0.5, 0.6) is 0 Å². The van der Waals surface area contributed by atoms with E-state index in [0.717, 1.165) is 16.7 Å². The van der Waals surface area contributed by atoms with Crippen LogP contribution in [0.25, 0.3) is 0 Å². The SMILES string of the molecule is CC(C)OC(=O)c1ccc(NC2=C(Sc3ccc(Cl)cc3)C(=O)N(c3ccc(C(=O)OC(C)C)cc3)C2=O)cc1. The third kappa shape index (κ3) is 6.73. The van der Waals surface area contributed by atoms with E-state index < -0.39 is 23.8 Å². The summed E-state index contributed by atoms with van der Waals surface area (Å²) in [6.07, 6.45) is -0.542. The lowest BCUT2D eigenvalue weighted by Gasteiger charge is -2.16. The van der Waals surface area contributed by atoms with Gasteiger partial charge in [-0.1, -0.05) is 23.4 Å². The van der Waals surface area contributed by atoms with E-state index in [-0.39, 0.29) is 22.8 Å². The predicted octanol–water partition coefficient (Wildman–Crippen LogP) is 6.46. The van der Waals surface area contributed by atoms with Gasteiger partial charge in [0.15, 0.2) is 0 Å². The zero-order chi connectivity index (χ0) is 29.0. The summed E-state index contributed by atoms with van der Waals surface area (Å²) in [5.41, 5.74) is 1.53. The normalized spacial score (nSPS) is 13.3. The molecule has 0 aromatic heterocycles. The van der Waals surface area contributed by atoms with E-state index in [1.54, 1.807) is 76.2 Å². The third-order valence-corrected chi connectivity index (χ3v) is 6.85. The molecule has 3 aromatic carbocycles. The van der Waals surface area contributed by atoms with Gasteiger partial charge in [0, 0.05) is 15.6 Å². The Morgan fingerprint density at radius 1 is 0.750 bits per heavy atom. The summed E-state index contributed by atoms with van der Waals surface area (Å²) in [4.78, 5) is 53.6. The Kier molecular flexibility index (Phi) is 8.96. The number of nitrogens with one attached hydrogen (secondary N) is 1. The van der Waals surface area contributed by atoms with Crippen LogP contribution >= 0.6 is 23.4 Å². The Bertz CT molecular complexity index is 1470. The molecule has 3 aromatic rings. The van der Waals surface area contributed by atoms with Gasteiger partial charge in [-0.3, -0.25) is 9.59 Å². The third-order valence-electron chi connectivity index (χ3n) is 5.51. The summed E-state index contributed by atoms with van der Waals surface area (Å²) in [7, 11) is 0. The van der Waals surface area contributed by atoms with Crippen LogP contribution in [-0.2, 0) is 19.1 Å². The lowest BCUT2D eigenvalue weighted by molar-refractivity contribution is -0.120. The van der Waals surface area contributed by atoms with Gasteiger partial charge < -0.3 is 14.8 Å². The fraction of sp³-hybridized carbons (Fsp3) is 0.200. The van der Waals surface area contributed by atoms with E-state index >= 15 is 0 Å². The number of thioether (sulfide) groups is 1. The molecular weight excluding hydrogens is 552 g/mol. The van der Waals surface area contributed by atoms with Crippen molar-refractivity contribution in [2.24, 2.45) is 0 Å². The van der Waals surface area contributed by atoms with Gasteiger partial charge in [0.1, 0.15) is 10.6 Å². The highest BCUT2D eigenvalue weighted by Crippen LogP contribution is 2.38. The number of halogens is 1. The highest BCUT2D eigenvalue weighted by atomic mass is 35.5.